The Kier molecular flexibility index (Phi) is 6.02. The van der Waals surface area contributed by atoms with E-state index in [1.165, 1.54) is 48.7 Å². The molecule has 0 saturated carbocycles. The number of non-ortho nitro benzene ring substituents is 1. The van der Waals surface area contributed by atoms with Crippen LogP contribution in [0.4, 0.5) is 21.5 Å². The first kappa shape index (κ1) is 20.9. The summed E-state index contributed by atoms with van der Waals surface area (Å²) in [4.78, 5) is 26.4. The number of aromatic nitrogens is 1. The molecule has 3 aromatic rings. The molecule has 0 unspecified atom stereocenters. The van der Waals surface area contributed by atoms with E-state index in [9.17, 15) is 27.7 Å². The Morgan fingerprint density at radius 1 is 1.13 bits per heavy atom. The summed E-state index contributed by atoms with van der Waals surface area (Å²) < 4.78 is 40.3. The van der Waals surface area contributed by atoms with Crippen LogP contribution in [0.2, 0.25) is 0 Å². The number of amides is 1. The first-order chi connectivity index (χ1) is 14.3. The molecule has 30 heavy (non-hydrogen) atoms. The van der Waals surface area contributed by atoms with Crippen LogP contribution in [-0.4, -0.2) is 30.8 Å². The van der Waals surface area contributed by atoms with Crippen LogP contribution in [0, 0.1) is 15.9 Å². The summed E-state index contributed by atoms with van der Waals surface area (Å²) in [6.45, 7) is -0.647. The quantitative estimate of drug-likeness (QED) is 0.454. The summed E-state index contributed by atoms with van der Waals surface area (Å²) in [7, 11) is -4.20. The van der Waals surface area contributed by atoms with Crippen LogP contribution in [-0.2, 0) is 14.8 Å². The van der Waals surface area contributed by atoms with E-state index in [4.69, 9.17) is 0 Å². The molecule has 0 aliphatic carbocycles. The van der Waals surface area contributed by atoms with Crippen molar-refractivity contribution in [1.82, 2.24) is 4.98 Å². The van der Waals surface area contributed by atoms with Crippen molar-refractivity contribution in [3.63, 3.8) is 0 Å². The van der Waals surface area contributed by atoms with E-state index in [0.29, 0.717) is 0 Å². The number of halogens is 1. The normalized spacial score (nSPS) is 11.0. The molecule has 3 rings (SSSR count). The molecule has 9 nitrogen and oxygen atoms in total. The molecule has 0 aliphatic rings. The summed E-state index contributed by atoms with van der Waals surface area (Å²) in [6.07, 6.45) is 2.53. The molecule has 2 aromatic carbocycles. The number of nitrogens with zero attached hydrogens (tertiary/aromatic N) is 3. The minimum Gasteiger partial charge on any atom is -0.324 e. The van der Waals surface area contributed by atoms with Gasteiger partial charge in [0.1, 0.15) is 17.3 Å². The molecule has 1 amide bonds. The van der Waals surface area contributed by atoms with Crippen LogP contribution in [0.3, 0.4) is 0 Å². The van der Waals surface area contributed by atoms with Gasteiger partial charge in [-0.1, -0.05) is 6.07 Å². The van der Waals surface area contributed by atoms with Gasteiger partial charge in [-0.05, 0) is 42.5 Å². The Balaban J connectivity index is 1.91. The molecule has 1 N–H and O–H groups in total. The zero-order valence-corrected chi connectivity index (χ0v) is 16.1. The number of nitrogens with one attached hydrogen (secondary N) is 1. The van der Waals surface area contributed by atoms with E-state index in [2.05, 4.69) is 10.3 Å². The second-order valence-electron chi connectivity index (χ2n) is 6.03. The summed E-state index contributed by atoms with van der Waals surface area (Å²) >= 11 is 0. The van der Waals surface area contributed by atoms with E-state index in [-0.39, 0.29) is 22.0 Å². The maximum absolute atomic E-state index is 13.3. The highest BCUT2D eigenvalue weighted by atomic mass is 32.2. The lowest BCUT2D eigenvalue weighted by Crippen LogP contribution is -2.38. The number of nitro groups is 1. The van der Waals surface area contributed by atoms with Crippen molar-refractivity contribution in [1.29, 1.82) is 0 Å². The molecule has 0 saturated heterocycles. The van der Waals surface area contributed by atoms with Crippen LogP contribution in [0.5, 0.6) is 0 Å². The minimum absolute atomic E-state index is 0.0643. The van der Waals surface area contributed by atoms with Gasteiger partial charge in [0.05, 0.1) is 10.6 Å². The molecular weight excluding hydrogens is 415 g/mol. The Bertz CT molecular complexity index is 1170. The highest BCUT2D eigenvalue weighted by molar-refractivity contribution is 7.92. The lowest BCUT2D eigenvalue weighted by atomic mass is 10.3. The van der Waals surface area contributed by atoms with Crippen molar-refractivity contribution in [2.75, 3.05) is 16.2 Å². The van der Waals surface area contributed by atoms with Gasteiger partial charge >= 0.3 is 0 Å². The molecule has 0 spiro atoms. The largest absolute Gasteiger partial charge is 0.324 e. The summed E-state index contributed by atoms with van der Waals surface area (Å²) in [5, 5.41) is 13.3. The second kappa shape index (κ2) is 8.66. The van der Waals surface area contributed by atoms with Gasteiger partial charge in [0, 0.05) is 30.2 Å². The van der Waals surface area contributed by atoms with E-state index >= 15 is 0 Å². The third-order valence-electron chi connectivity index (χ3n) is 3.96. The zero-order chi connectivity index (χ0) is 21.7. The second-order valence-corrected chi connectivity index (χ2v) is 7.89. The van der Waals surface area contributed by atoms with Crippen LogP contribution < -0.4 is 9.62 Å². The first-order valence-corrected chi connectivity index (χ1v) is 9.94. The van der Waals surface area contributed by atoms with Gasteiger partial charge in [-0.25, -0.2) is 12.8 Å². The zero-order valence-electron chi connectivity index (χ0n) is 15.3. The molecule has 0 fully saturated rings. The Morgan fingerprint density at radius 2 is 1.87 bits per heavy atom. The van der Waals surface area contributed by atoms with Crippen LogP contribution >= 0.6 is 0 Å². The Hall–Kier alpha value is -3.86. The van der Waals surface area contributed by atoms with Crippen molar-refractivity contribution >= 4 is 33.0 Å². The van der Waals surface area contributed by atoms with Crippen molar-refractivity contribution in [2.24, 2.45) is 0 Å². The van der Waals surface area contributed by atoms with Gasteiger partial charge in [0.2, 0.25) is 5.91 Å². The van der Waals surface area contributed by atoms with Gasteiger partial charge in [0.25, 0.3) is 15.7 Å². The summed E-state index contributed by atoms with van der Waals surface area (Å²) in [5.41, 5.74) is -0.0346. The number of carbonyl (C=O) groups excluding carboxylic acids is 1. The molecule has 0 bridgehead atoms. The van der Waals surface area contributed by atoms with Gasteiger partial charge in [-0.15, -0.1) is 0 Å². The van der Waals surface area contributed by atoms with Crippen molar-refractivity contribution in [2.45, 2.75) is 4.90 Å². The maximum atomic E-state index is 13.3. The lowest BCUT2D eigenvalue weighted by Gasteiger charge is -2.24. The van der Waals surface area contributed by atoms with Gasteiger partial charge in [-0.2, -0.15) is 0 Å². The van der Waals surface area contributed by atoms with Gasteiger partial charge in [0.15, 0.2) is 0 Å². The van der Waals surface area contributed by atoms with Crippen molar-refractivity contribution in [3.8, 4) is 0 Å². The predicted molar refractivity (Wildman–Crippen MR) is 107 cm³/mol. The highest BCUT2D eigenvalue weighted by Crippen LogP contribution is 2.24. The fourth-order valence-corrected chi connectivity index (χ4v) is 3.96. The van der Waals surface area contributed by atoms with Crippen LogP contribution in [0.15, 0.2) is 78.0 Å². The highest BCUT2D eigenvalue weighted by Gasteiger charge is 2.27. The molecule has 1 aromatic heterocycles. The number of sulfonamides is 1. The molecule has 0 atom stereocenters. The molecule has 0 radical (unpaired) electrons. The van der Waals surface area contributed by atoms with Gasteiger partial charge in [-0.3, -0.25) is 24.2 Å². The third-order valence-corrected chi connectivity index (χ3v) is 5.72. The van der Waals surface area contributed by atoms with E-state index in [1.807, 2.05) is 0 Å². The fourth-order valence-electron chi connectivity index (χ4n) is 2.58. The van der Waals surface area contributed by atoms with Crippen LogP contribution in [0.25, 0.3) is 0 Å². The fraction of sp³-hybridized carbons (Fsp3) is 0.0526. The number of pyridine rings is 1. The topological polar surface area (TPSA) is 123 Å². The Labute approximate surface area is 171 Å². The standard InChI is InChI=1S/C19H15FN4O5S/c20-14-6-8-16(9-7-14)23(30(28,29)18-5-2-10-21-12-18)13-19(25)22-15-3-1-4-17(11-15)24(26)27/h1-12H,13H2,(H,22,25). The van der Waals surface area contributed by atoms with E-state index in [1.54, 1.807) is 0 Å². The van der Waals surface area contributed by atoms with Gasteiger partial charge < -0.3 is 5.32 Å². The van der Waals surface area contributed by atoms with E-state index < -0.39 is 33.2 Å². The number of anilines is 2. The predicted octanol–water partition coefficient (Wildman–Crippen LogP) is 2.96. The van der Waals surface area contributed by atoms with Crippen LogP contribution in [0.1, 0.15) is 0 Å². The summed E-state index contributed by atoms with van der Waals surface area (Å²) in [5.74, 6) is -1.31. The SMILES string of the molecule is O=C(CN(c1ccc(F)cc1)S(=O)(=O)c1cccnc1)Nc1cccc([N+](=O)[O-])c1. The average Bonchev–Trinajstić information content (AvgIpc) is 2.73. The number of hydrogen-bond donors (Lipinski definition) is 1. The number of hydrogen-bond acceptors (Lipinski definition) is 6. The minimum atomic E-state index is -4.20. The summed E-state index contributed by atoms with van der Waals surface area (Å²) in [6, 6.07) is 12.6. The molecule has 11 heteroatoms. The molecule has 1 heterocycles. The third kappa shape index (κ3) is 4.75. The van der Waals surface area contributed by atoms with E-state index in [0.717, 1.165) is 28.7 Å². The maximum Gasteiger partial charge on any atom is 0.271 e. The average molecular weight is 430 g/mol. The first-order valence-electron chi connectivity index (χ1n) is 8.50. The number of carbonyl (C=O) groups is 1. The molecule has 0 aliphatic heterocycles. The smallest absolute Gasteiger partial charge is 0.271 e. The van der Waals surface area contributed by atoms with Crippen molar-refractivity contribution < 1.29 is 22.5 Å². The molecular formula is C19H15FN4O5S. The lowest BCUT2D eigenvalue weighted by molar-refractivity contribution is -0.384. The van der Waals surface area contributed by atoms with Crippen molar-refractivity contribution in [3.05, 3.63) is 89.0 Å². The number of nitro benzene ring substituents is 1. The number of benzene rings is 2. The monoisotopic (exact) mass is 430 g/mol. The molecule has 154 valence electrons. The number of rotatable bonds is 7. The Morgan fingerprint density at radius 3 is 2.50 bits per heavy atom.